The van der Waals surface area contributed by atoms with Crippen LogP contribution in [0.15, 0.2) is 53.3 Å². The van der Waals surface area contributed by atoms with Gasteiger partial charge in [0, 0.05) is 24.7 Å². The fourth-order valence-electron chi connectivity index (χ4n) is 2.96. The number of carbonyl (C=O) groups excluding carboxylic acids is 2. The van der Waals surface area contributed by atoms with Crippen LogP contribution in [0, 0.1) is 0 Å². The summed E-state index contributed by atoms with van der Waals surface area (Å²) >= 11 is 0. The predicted octanol–water partition coefficient (Wildman–Crippen LogP) is 1.57. The van der Waals surface area contributed by atoms with Crippen molar-refractivity contribution in [3.8, 4) is 11.3 Å². The van der Waals surface area contributed by atoms with Crippen LogP contribution < -0.4 is 5.56 Å². The molecule has 0 amide bonds. The van der Waals surface area contributed by atoms with Gasteiger partial charge in [0.2, 0.25) is 0 Å². The van der Waals surface area contributed by atoms with E-state index in [9.17, 15) is 14.4 Å². The largest absolute Gasteiger partial charge is 0.464 e. The zero-order valence-corrected chi connectivity index (χ0v) is 16.2. The molecule has 3 aromatic heterocycles. The molecular formula is C20H17N5O5. The zero-order valence-electron chi connectivity index (χ0n) is 16.2. The number of hydrogen-bond donors (Lipinski definition) is 1. The first kappa shape index (κ1) is 19.1. The van der Waals surface area contributed by atoms with Crippen molar-refractivity contribution in [1.29, 1.82) is 0 Å². The van der Waals surface area contributed by atoms with Crippen molar-refractivity contribution in [3.63, 3.8) is 0 Å². The van der Waals surface area contributed by atoms with Gasteiger partial charge in [-0.1, -0.05) is 30.3 Å². The summed E-state index contributed by atoms with van der Waals surface area (Å²) in [5.41, 5.74) is 1.91. The summed E-state index contributed by atoms with van der Waals surface area (Å²) in [6.07, 6.45) is 0. The Labute approximate surface area is 169 Å². The lowest BCUT2D eigenvalue weighted by atomic mass is 10.1. The Kier molecular flexibility index (Phi) is 4.88. The van der Waals surface area contributed by atoms with E-state index in [0.717, 1.165) is 5.56 Å². The summed E-state index contributed by atoms with van der Waals surface area (Å²) in [5, 5.41) is 6.80. The highest BCUT2D eigenvalue weighted by Gasteiger charge is 2.17. The molecule has 0 aliphatic heterocycles. The van der Waals surface area contributed by atoms with E-state index in [1.807, 2.05) is 30.3 Å². The van der Waals surface area contributed by atoms with Crippen molar-refractivity contribution in [2.24, 2.45) is 7.05 Å². The molecular weight excluding hydrogens is 390 g/mol. The van der Waals surface area contributed by atoms with Crippen LogP contribution in [0.25, 0.3) is 16.9 Å². The molecule has 1 N–H and O–H groups in total. The Bertz CT molecular complexity index is 1300. The van der Waals surface area contributed by atoms with Gasteiger partial charge in [0.15, 0.2) is 5.65 Å². The molecule has 0 radical (unpaired) electrons. The third-order valence-corrected chi connectivity index (χ3v) is 4.42. The average Bonchev–Trinajstić information content (AvgIpc) is 3.36. The molecule has 1 aromatic carbocycles. The Morgan fingerprint density at radius 3 is 2.60 bits per heavy atom. The van der Waals surface area contributed by atoms with Crippen molar-refractivity contribution in [3.05, 3.63) is 76.0 Å². The third-order valence-electron chi connectivity index (χ3n) is 4.42. The van der Waals surface area contributed by atoms with Crippen molar-refractivity contribution < 1.29 is 19.1 Å². The summed E-state index contributed by atoms with van der Waals surface area (Å²) in [7, 11) is 2.85. The summed E-state index contributed by atoms with van der Waals surface area (Å²) in [6, 6.07) is 13.6. The second kappa shape index (κ2) is 7.66. The molecule has 0 fully saturated rings. The quantitative estimate of drug-likeness (QED) is 0.499. The molecule has 152 valence electrons. The van der Waals surface area contributed by atoms with Crippen molar-refractivity contribution in [2.75, 3.05) is 7.11 Å². The molecule has 0 bridgehead atoms. The van der Waals surface area contributed by atoms with E-state index in [1.54, 1.807) is 7.05 Å². The maximum Gasteiger partial charge on any atom is 0.356 e. The van der Waals surface area contributed by atoms with Gasteiger partial charge in [-0.15, -0.1) is 0 Å². The topological polar surface area (TPSA) is 121 Å². The molecule has 0 unspecified atom stereocenters. The number of aromatic amines is 1. The highest BCUT2D eigenvalue weighted by Crippen LogP contribution is 2.16. The maximum absolute atomic E-state index is 12.4. The molecule has 10 heteroatoms. The van der Waals surface area contributed by atoms with Gasteiger partial charge < -0.3 is 9.47 Å². The number of fused-ring (bicyclic) bond motifs is 1. The monoisotopic (exact) mass is 407 g/mol. The standard InChI is InChI=1S/C20H17N5O5/c1-24-16(20(28)29-2)8-13(22-24)11-30-19(27)15-9-17-21-14(10-18(26)25(17)23-15)12-6-4-3-5-7-12/h3-10,23H,11H2,1-2H3. The molecule has 0 aliphatic carbocycles. The van der Waals surface area contributed by atoms with Gasteiger partial charge in [0.1, 0.15) is 23.7 Å². The van der Waals surface area contributed by atoms with Gasteiger partial charge in [0.25, 0.3) is 5.56 Å². The molecule has 0 saturated heterocycles. The highest BCUT2D eigenvalue weighted by molar-refractivity contribution is 5.89. The Balaban J connectivity index is 1.55. The molecule has 0 atom stereocenters. The average molecular weight is 407 g/mol. The van der Waals surface area contributed by atoms with E-state index in [2.05, 4.69) is 19.9 Å². The lowest BCUT2D eigenvalue weighted by molar-refractivity contribution is 0.0459. The first-order chi connectivity index (χ1) is 14.5. The Hall–Kier alpha value is -4.21. The number of aryl methyl sites for hydroxylation is 1. The van der Waals surface area contributed by atoms with Gasteiger partial charge in [-0.05, 0) is 6.07 Å². The van der Waals surface area contributed by atoms with E-state index < -0.39 is 11.9 Å². The summed E-state index contributed by atoms with van der Waals surface area (Å²) in [4.78, 5) is 40.9. The van der Waals surface area contributed by atoms with Crippen LogP contribution in [0.4, 0.5) is 0 Å². The molecule has 30 heavy (non-hydrogen) atoms. The minimum atomic E-state index is -0.688. The SMILES string of the molecule is COC(=O)c1cc(COC(=O)c2cc3nc(-c4ccccc4)cc(=O)n3[nH]2)nn1C. The Morgan fingerprint density at radius 1 is 1.10 bits per heavy atom. The lowest BCUT2D eigenvalue weighted by Gasteiger charge is -2.00. The van der Waals surface area contributed by atoms with E-state index in [1.165, 1.54) is 34.5 Å². The van der Waals surface area contributed by atoms with E-state index >= 15 is 0 Å². The van der Waals surface area contributed by atoms with Crippen LogP contribution in [0.2, 0.25) is 0 Å². The number of ether oxygens (including phenoxy) is 2. The second-order valence-electron chi connectivity index (χ2n) is 6.42. The number of H-pyrrole nitrogens is 1. The number of nitrogens with zero attached hydrogens (tertiary/aromatic N) is 4. The number of carbonyl (C=O) groups is 2. The first-order valence-electron chi connectivity index (χ1n) is 8.93. The number of aromatic nitrogens is 5. The summed E-state index contributed by atoms with van der Waals surface area (Å²) in [6.45, 7) is -0.156. The molecule has 3 heterocycles. The van der Waals surface area contributed by atoms with E-state index in [-0.39, 0.29) is 23.6 Å². The minimum Gasteiger partial charge on any atom is -0.464 e. The van der Waals surface area contributed by atoms with Gasteiger partial charge in [0.05, 0.1) is 12.8 Å². The van der Waals surface area contributed by atoms with Crippen LogP contribution in [0.3, 0.4) is 0 Å². The molecule has 0 saturated carbocycles. The Morgan fingerprint density at radius 2 is 1.87 bits per heavy atom. The summed E-state index contributed by atoms with van der Waals surface area (Å²) < 4.78 is 12.4. The van der Waals surface area contributed by atoms with Gasteiger partial charge in [-0.2, -0.15) is 5.10 Å². The highest BCUT2D eigenvalue weighted by atomic mass is 16.5. The first-order valence-corrected chi connectivity index (χ1v) is 8.93. The van der Waals surface area contributed by atoms with Crippen molar-refractivity contribution in [1.82, 2.24) is 24.4 Å². The van der Waals surface area contributed by atoms with Crippen molar-refractivity contribution in [2.45, 2.75) is 6.61 Å². The van der Waals surface area contributed by atoms with E-state index in [0.29, 0.717) is 17.0 Å². The molecule has 4 aromatic rings. The van der Waals surface area contributed by atoms with Crippen LogP contribution in [-0.4, -0.2) is 43.4 Å². The maximum atomic E-state index is 12.4. The smallest absolute Gasteiger partial charge is 0.356 e. The number of rotatable bonds is 5. The second-order valence-corrected chi connectivity index (χ2v) is 6.42. The van der Waals surface area contributed by atoms with Crippen molar-refractivity contribution >= 4 is 17.6 Å². The summed E-state index contributed by atoms with van der Waals surface area (Å²) in [5.74, 6) is -1.23. The van der Waals surface area contributed by atoms with Gasteiger partial charge >= 0.3 is 11.9 Å². The predicted molar refractivity (Wildman–Crippen MR) is 105 cm³/mol. The van der Waals surface area contributed by atoms with Crippen LogP contribution >= 0.6 is 0 Å². The van der Waals surface area contributed by atoms with E-state index in [4.69, 9.17) is 4.74 Å². The molecule has 4 rings (SSSR count). The van der Waals surface area contributed by atoms with Crippen LogP contribution in [0.5, 0.6) is 0 Å². The number of esters is 2. The zero-order chi connectivity index (χ0) is 21.3. The number of methoxy groups -OCH3 is 1. The number of benzene rings is 1. The normalized spacial score (nSPS) is 10.9. The lowest BCUT2D eigenvalue weighted by Crippen LogP contribution is -2.15. The van der Waals surface area contributed by atoms with Crippen LogP contribution in [0.1, 0.15) is 26.7 Å². The third kappa shape index (κ3) is 3.58. The fourth-order valence-corrected chi connectivity index (χ4v) is 2.96. The van der Waals surface area contributed by atoms with Gasteiger partial charge in [-0.25, -0.2) is 19.1 Å². The van der Waals surface area contributed by atoms with Crippen LogP contribution in [-0.2, 0) is 23.1 Å². The van der Waals surface area contributed by atoms with Gasteiger partial charge in [-0.3, -0.25) is 14.6 Å². The fraction of sp³-hybridized carbons (Fsp3) is 0.150. The molecule has 10 nitrogen and oxygen atoms in total. The molecule has 0 spiro atoms. The molecule has 0 aliphatic rings. The minimum absolute atomic E-state index is 0.0638. The number of nitrogens with one attached hydrogen (secondary N) is 1. The number of hydrogen-bond acceptors (Lipinski definition) is 7.